The molecule has 0 saturated heterocycles. The second kappa shape index (κ2) is 5.79. The molecule has 6 heteroatoms. The van der Waals surface area contributed by atoms with Crippen molar-refractivity contribution in [2.24, 2.45) is 10.9 Å². The standard InChI is InChI=1S/C14H13ClFN3O/c1-19(10-4-2-9(16)3-5-10)11-6-7-12(13(15)8-11)14(17)18-20/h2-8,20H,1H3,(H2,17,18). The summed E-state index contributed by atoms with van der Waals surface area (Å²) in [4.78, 5) is 1.85. The Hall–Kier alpha value is -2.27. The molecule has 2 aromatic rings. The van der Waals surface area contributed by atoms with Gasteiger partial charge >= 0.3 is 0 Å². The highest BCUT2D eigenvalue weighted by Crippen LogP contribution is 2.28. The first kappa shape index (κ1) is 14.1. The van der Waals surface area contributed by atoms with Crippen molar-refractivity contribution in [1.82, 2.24) is 0 Å². The van der Waals surface area contributed by atoms with E-state index in [1.165, 1.54) is 12.1 Å². The highest BCUT2D eigenvalue weighted by atomic mass is 35.5. The van der Waals surface area contributed by atoms with E-state index in [1.54, 1.807) is 30.3 Å². The van der Waals surface area contributed by atoms with Crippen LogP contribution in [0.2, 0.25) is 5.02 Å². The van der Waals surface area contributed by atoms with Crippen LogP contribution in [-0.4, -0.2) is 18.1 Å². The maximum atomic E-state index is 12.9. The van der Waals surface area contributed by atoms with E-state index in [-0.39, 0.29) is 11.7 Å². The minimum atomic E-state index is -0.289. The lowest BCUT2D eigenvalue weighted by Gasteiger charge is -2.20. The third kappa shape index (κ3) is 2.83. The summed E-state index contributed by atoms with van der Waals surface area (Å²) in [5, 5.41) is 11.9. The number of benzene rings is 2. The summed E-state index contributed by atoms with van der Waals surface area (Å²) in [5.74, 6) is -0.339. The summed E-state index contributed by atoms with van der Waals surface area (Å²) in [6.45, 7) is 0. The highest BCUT2D eigenvalue weighted by molar-refractivity contribution is 6.34. The molecule has 3 N–H and O–H groups in total. The third-order valence-electron chi connectivity index (χ3n) is 2.94. The number of rotatable bonds is 3. The van der Waals surface area contributed by atoms with Crippen molar-refractivity contribution in [3.8, 4) is 0 Å². The number of oxime groups is 1. The second-order valence-corrected chi connectivity index (χ2v) is 4.59. The Bertz CT molecular complexity index is 643. The van der Waals surface area contributed by atoms with Gasteiger partial charge in [-0.2, -0.15) is 0 Å². The Morgan fingerprint density at radius 2 is 1.80 bits per heavy atom. The largest absolute Gasteiger partial charge is 0.409 e. The fraction of sp³-hybridized carbons (Fsp3) is 0.0714. The summed E-state index contributed by atoms with van der Waals surface area (Å²) in [7, 11) is 1.84. The van der Waals surface area contributed by atoms with Crippen molar-refractivity contribution in [2.45, 2.75) is 0 Å². The van der Waals surface area contributed by atoms with Gasteiger partial charge in [0.15, 0.2) is 5.84 Å². The molecule has 2 aromatic carbocycles. The monoisotopic (exact) mass is 293 g/mol. The van der Waals surface area contributed by atoms with Crippen LogP contribution >= 0.6 is 11.6 Å². The smallest absolute Gasteiger partial charge is 0.171 e. The molecule has 0 radical (unpaired) electrons. The Morgan fingerprint density at radius 3 is 2.35 bits per heavy atom. The summed E-state index contributed by atoms with van der Waals surface area (Å²) >= 11 is 6.10. The zero-order valence-electron chi connectivity index (χ0n) is 10.7. The maximum Gasteiger partial charge on any atom is 0.171 e. The first-order chi connectivity index (χ1) is 9.52. The molecule has 0 aliphatic rings. The van der Waals surface area contributed by atoms with Gasteiger partial charge in [0, 0.05) is 24.0 Å². The molecule has 0 aliphatic heterocycles. The molecule has 0 atom stereocenters. The van der Waals surface area contributed by atoms with Crippen molar-refractivity contribution in [3.63, 3.8) is 0 Å². The molecule has 0 unspecified atom stereocenters. The van der Waals surface area contributed by atoms with Gasteiger partial charge in [-0.1, -0.05) is 16.8 Å². The predicted octanol–water partition coefficient (Wildman–Crippen LogP) is 3.34. The van der Waals surface area contributed by atoms with Crippen molar-refractivity contribution >= 4 is 28.8 Å². The van der Waals surface area contributed by atoms with Crippen LogP contribution in [-0.2, 0) is 0 Å². The van der Waals surface area contributed by atoms with Crippen molar-refractivity contribution < 1.29 is 9.60 Å². The fourth-order valence-corrected chi connectivity index (χ4v) is 2.06. The number of hydrogen-bond donors (Lipinski definition) is 2. The molecule has 0 aliphatic carbocycles. The number of nitrogens with zero attached hydrogens (tertiary/aromatic N) is 2. The van der Waals surface area contributed by atoms with Crippen LogP contribution in [0.5, 0.6) is 0 Å². The molecule has 2 rings (SSSR count). The minimum absolute atomic E-state index is 0.0500. The van der Waals surface area contributed by atoms with Gasteiger partial charge in [0.1, 0.15) is 5.82 Å². The predicted molar refractivity (Wildman–Crippen MR) is 78.4 cm³/mol. The van der Waals surface area contributed by atoms with Crippen molar-refractivity contribution in [3.05, 3.63) is 58.9 Å². The van der Waals surface area contributed by atoms with Gasteiger partial charge in [-0.05, 0) is 42.5 Å². The number of amidine groups is 1. The average molecular weight is 294 g/mol. The van der Waals surface area contributed by atoms with E-state index in [2.05, 4.69) is 5.16 Å². The molecule has 0 aromatic heterocycles. The Labute approximate surface area is 120 Å². The molecule has 20 heavy (non-hydrogen) atoms. The number of nitrogens with two attached hydrogens (primary N) is 1. The highest BCUT2D eigenvalue weighted by Gasteiger charge is 2.10. The molecule has 4 nitrogen and oxygen atoms in total. The third-order valence-corrected chi connectivity index (χ3v) is 3.25. The number of hydrogen-bond acceptors (Lipinski definition) is 3. The van der Waals surface area contributed by atoms with Gasteiger partial charge in [-0.3, -0.25) is 0 Å². The van der Waals surface area contributed by atoms with E-state index in [9.17, 15) is 4.39 Å². The Morgan fingerprint density at radius 1 is 1.20 bits per heavy atom. The normalized spacial score (nSPS) is 11.4. The molecular formula is C14H13ClFN3O. The summed E-state index contributed by atoms with van der Waals surface area (Å²) in [6.07, 6.45) is 0. The molecule has 104 valence electrons. The zero-order chi connectivity index (χ0) is 14.7. The van der Waals surface area contributed by atoms with E-state index >= 15 is 0 Å². The number of halogens is 2. The quantitative estimate of drug-likeness (QED) is 0.395. The second-order valence-electron chi connectivity index (χ2n) is 4.18. The Kier molecular flexibility index (Phi) is 4.10. The molecule has 0 fully saturated rings. The van der Waals surface area contributed by atoms with Crippen LogP contribution in [0.25, 0.3) is 0 Å². The van der Waals surface area contributed by atoms with Crippen molar-refractivity contribution in [1.29, 1.82) is 0 Å². The Balaban J connectivity index is 2.34. The first-order valence-corrected chi connectivity index (χ1v) is 6.17. The van der Waals surface area contributed by atoms with Crippen LogP contribution in [0.1, 0.15) is 5.56 Å². The van der Waals surface area contributed by atoms with Gasteiger partial charge < -0.3 is 15.8 Å². The molecular weight excluding hydrogens is 281 g/mol. The number of anilines is 2. The van der Waals surface area contributed by atoms with E-state index in [4.69, 9.17) is 22.5 Å². The maximum absolute atomic E-state index is 12.9. The summed E-state index contributed by atoms with van der Waals surface area (Å²) in [6, 6.07) is 11.2. The molecule has 0 heterocycles. The van der Waals surface area contributed by atoms with Gasteiger partial charge in [0.05, 0.1) is 5.02 Å². The van der Waals surface area contributed by atoms with Crippen LogP contribution in [0.15, 0.2) is 47.6 Å². The fourth-order valence-electron chi connectivity index (χ4n) is 1.79. The minimum Gasteiger partial charge on any atom is -0.409 e. The lowest BCUT2D eigenvalue weighted by atomic mass is 10.1. The van der Waals surface area contributed by atoms with Crippen LogP contribution < -0.4 is 10.6 Å². The van der Waals surface area contributed by atoms with Gasteiger partial charge in [-0.25, -0.2) is 4.39 Å². The van der Waals surface area contributed by atoms with Gasteiger partial charge in [0.2, 0.25) is 0 Å². The first-order valence-electron chi connectivity index (χ1n) is 5.79. The zero-order valence-corrected chi connectivity index (χ0v) is 11.5. The molecule has 0 bridgehead atoms. The SMILES string of the molecule is CN(c1ccc(F)cc1)c1ccc(C(N)=NO)c(Cl)c1. The van der Waals surface area contributed by atoms with Gasteiger partial charge in [0.25, 0.3) is 0 Å². The summed E-state index contributed by atoms with van der Waals surface area (Å²) in [5.41, 5.74) is 7.58. The van der Waals surface area contributed by atoms with Crippen LogP contribution in [0, 0.1) is 5.82 Å². The van der Waals surface area contributed by atoms with Crippen LogP contribution in [0.3, 0.4) is 0 Å². The lowest BCUT2D eigenvalue weighted by molar-refractivity contribution is 0.318. The molecule has 0 amide bonds. The molecule has 0 saturated carbocycles. The lowest BCUT2D eigenvalue weighted by Crippen LogP contribution is -2.15. The van der Waals surface area contributed by atoms with Gasteiger partial charge in [-0.15, -0.1) is 0 Å². The summed E-state index contributed by atoms with van der Waals surface area (Å²) < 4.78 is 12.9. The average Bonchev–Trinajstić information content (AvgIpc) is 2.46. The van der Waals surface area contributed by atoms with E-state index < -0.39 is 0 Å². The molecule has 0 spiro atoms. The van der Waals surface area contributed by atoms with E-state index in [0.29, 0.717) is 10.6 Å². The topological polar surface area (TPSA) is 61.8 Å². The van der Waals surface area contributed by atoms with E-state index in [0.717, 1.165) is 11.4 Å². The van der Waals surface area contributed by atoms with Crippen molar-refractivity contribution in [2.75, 3.05) is 11.9 Å². The van der Waals surface area contributed by atoms with Crippen LogP contribution in [0.4, 0.5) is 15.8 Å². The van der Waals surface area contributed by atoms with E-state index in [1.807, 2.05) is 11.9 Å².